The first-order valence-corrected chi connectivity index (χ1v) is 4.96. The molecule has 0 amide bonds. The predicted octanol–water partition coefficient (Wildman–Crippen LogP) is 2.14. The summed E-state index contributed by atoms with van der Waals surface area (Å²) in [6.45, 7) is 0. The second kappa shape index (κ2) is 2.82. The number of rotatable bonds is 2. The van der Waals surface area contributed by atoms with Crippen molar-refractivity contribution in [2.24, 2.45) is 0 Å². The fourth-order valence-corrected chi connectivity index (χ4v) is 1.87. The molecule has 2 N–H and O–H groups in total. The number of nitrogens with one attached hydrogen (secondary N) is 1. The van der Waals surface area contributed by atoms with Crippen molar-refractivity contribution >= 4 is 17.0 Å². The number of hydrogen-bond acceptors (Lipinski definition) is 2. The SMILES string of the molecule is O=C(O)c1cnc2[nH]cc(C3CC3)c2c1. The zero-order chi connectivity index (χ0) is 10.4. The molecule has 0 atom stereocenters. The molecule has 1 aliphatic rings. The van der Waals surface area contributed by atoms with Gasteiger partial charge in [0, 0.05) is 17.8 Å². The van der Waals surface area contributed by atoms with Gasteiger partial charge in [0.25, 0.3) is 0 Å². The van der Waals surface area contributed by atoms with E-state index in [2.05, 4.69) is 9.97 Å². The zero-order valence-corrected chi connectivity index (χ0v) is 8.03. The number of aromatic amines is 1. The van der Waals surface area contributed by atoms with Crippen LogP contribution in [0.15, 0.2) is 18.5 Å². The Bertz CT molecular complexity index is 541. The van der Waals surface area contributed by atoms with Gasteiger partial charge in [0.05, 0.1) is 5.56 Å². The van der Waals surface area contributed by atoms with Gasteiger partial charge in [-0.05, 0) is 30.4 Å². The first-order chi connectivity index (χ1) is 7.25. The zero-order valence-electron chi connectivity index (χ0n) is 8.03. The summed E-state index contributed by atoms with van der Waals surface area (Å²) in [5.74, 6) is -0.322. The van der Waals surface area contributed by atoms with E-state index in [1.807, 2.05) is 6.20 Å². The molecular weight excluding hydrogens is 192 g/mol. The molecule has 1 saturated carbocycles. The molecule has 0 aliphatic heterocycles. The number of nitrogens with zero attached hydrogens (tertiary/aromatic N) is 1. The fourth-order valence-electron chi connectivity index (χ4n) is 1.87. The normalized spacial score (nSPS) is 15.7. The van der Waals surface area contributed by atoms with E-state index >= 15 is 0 Å². The van der Waals surface area contributed by atoms with E-state index in [4.69, 9.17) is 5.11 Å². The third-order valence-electron chi connectivity index (χ3n) is 2.83. The van der Waals surface area contributed by atoms with Crippen LogP contribution in [0.4, 0.5) is 0 Å². The summed E-state index contributed by atoms with van der Waals surface area (Å²) in [5, 5.41) is 9.83. The number of carboxylic acid groups (broad SMARTS) is 1. The molecule has 0 spiro atoms. The van der Waals surface area contributed by atoms with Gasteiger partial charge in [-0.1, -0.05) is 0 Å². The lowest BCUT2D eigenvalue weighted by Crippen LogP contribution is -1.96. The molecule has 76 valence electrons. The number of carbonyl (C=O) groups is 1. The highest BCUT2D eigenvalue weighted by molar-refractivity contribution is 5.93. The minimum atomic E-state index is -0.924. The van der Waals surface area contributed by atoms with Crippen LogP contribution in [0.5, 0.6) is 0 Å². The molecule has 3 rings (SSSR count). The molecule has 4 nitrogen and oxygen atoms in total. The molecule has 2 aromatic rings. The molecule has 1 fully saturated rings. The average molecular weight is 202 g/mol. The summed E-state index contributed by atoms with van der Waals surface area (Å²) in [6, 6.07) is 1.70. The molecule has 2 aromatic heterocycles. The molecule has 0 radical (unpaired) electrons. The minimum absolute atomic E-state index is 0.254. The predicted molar refractivity (Wildman–Crippen MR) is 55.0 cm³/mol. The molecule has 1 aliphatic carbocycles. The standard InChI is InChI=1S/C11H10N2O2/c14-11(15)7-3-8-9(6-1-2-6)5-13-10(8)12-4-7/h3-6H,1-2H2,(H,12,13)(H,14,15). The van der Waals surface area contributed by atoms with Gasteiger partial charge in [-0.2, -0.15) is 0 Å². The lowest BCUT2D eigenvalue weighted by molar-refractivity contribution is 0.0696. The van der Waals surface area contributed by atoms with E-state index in [0.717, 1.165) is 11.0 Å². The maximum absolute atomic E-state index is 10.8. The molecule has 4 heteroatoms. The largest absolute Gasteiger partial charge is 0.478 e. The highest BCUT2D eigenvalue weighted by Gasteiger charge is 2.26. The van der Waals surface area contributed by atoms with Crippen molar-refractivity contribution in [3.05, 3.63) is 29.6 Å². The van der Waals surface area contributed by atoms with Gasteiger partial charge in [0.1, 0.15) is 5.65 Å². The molecule has 0 aromatic carbocycles. The van der Waals surface area contributed by atoms with Gasteiger partial charge in [0.15, 0.2) is 0 Å². The topological polar surface area (TPSA) is 66.0 Å². The van der Waals surface area contributed by atoms with E-state index < -0.39 is 5.97 Å². The Hall–Kier alpha value is -1.84. The number of aromatic carboxylic acids is 1. The number of fused-ring (bicyclic) bond motifs is 1. The van der Waals surface area contributed by atoms with Gasteiger partial charge < -0.3 is 10.1 Å². The van der Waals surface area contributed by atoms with E-state index in [1.54, 1.807) is 6.07 Å². The Morgan fingerprint density at radius 1 is 1.53 bits per heavy atom. The van der Waals surface area contributed by atoms with Crippen LogP contribution in [0.1, 0.15) is 34.7 Å². The van der Waals surface area contributed by atoms with Crippen molar-refractivity contribution in [2.75, 3.05) is 0 Å². The lowest BCUT2D eigenvalue weighted by atomic mass is 10.1. The lowest BCUT2D eigenvalue weighted by Gasteiger charge is -1.96. The summed E-state index contributed by atoms with van der Waals surface area (Å²) < 4.78 is 0. The number of aromatic nitrogens is 2. The van der Waals surface area contributed by atoms with Gasteiger partial charge in [-0.25, -0.2) is 9.78 Å². The number of carboxylic acids is 1. The Labute approximate surface area is 86.0 Å². The molecule has 2 heterocycles. The quantitative estimate of drug-likeness (QED) is 0.784. The second-order valence-corrected chi connectivity index (χ2v) is 3.94. The van der Waals surface area contributed by atoms with Gasteiger partial charge >= 0.3 is 5.97 Å². The number of H-pyrrole nitrogens is 1. The number of pyridine rings is 1. The summed E-state index contributed by atoms with van der Waals surface area (Å²) in [7, 11) is 0. The van der Waals surface area contributed by atoms with Crippen LogP contribution < -0.4 is 0 Å². The first-order valence-electron chi connectivity index (χ1n) is 4.96. The molecule has 0 bridgehead atoms. The Morgan fingerprint density at radius 3 is 3.00 bits per heavy atom. The van der Waals surface area contributed by atoms with Crippen molar-refractivity contribution in [1.29, 1.82) is 0 Å². The second-order valence-electron chi connectivity index (χ2n) is 3.94. The Balaban J connectivity index is 2.21. The van der Waals surface area contributed by atoms with Crippen molar-refractivity contribution in [3.8, 4) is 0 Å². The summed E-state index contributed by atoms with van der Waals surface area (Å²) in [5.41, 5.74) is 2.24. The van der Waals surface area contributed by atoms with Crippen LogP contribution in [0.25, 0.3) is 11.0 Å². The van der Waals surface area contributed by atoms with Gasteiger partial charge in [0.2, 0.25) is 0 Å². The van der Waals surface area contributed by atoms with Crippen molar-refractivity contribution < 1.29 is 9.90 Å². The van der Waals surface area contributed by atoms with E-state index in [1.165, 1.54) is 24.6 Å². The molecule has 0 saturated heterocycles. The molecule has 0 unspecified atom stereocenters. The van der Waals surface area contributed by atoms with E-state index in [9.17, 15) is 4.79 Å². The third-order valence-corrected chi connectivity index (χ3v) is 2.83. The Kier molecular flexibility index (Phi) is 1.59. The monoisotopic (exact) mass is 202 g/mol. The van der Waals surface area contributed by atoms with Crippen LogP contribution in [-0.4, -0.2) is 21.0 Å². The fraction of sp³-hybridized carbons (Fsp3) is 0.273. The van der Waals surface area contributed by atoms with Crippen LogP contribution in [0, 0.1) is 0 Å². The van der Waals surface area contributed by atoms with E-state index in [0.29, 0.717) is 5.92 Å². The van der Waals surface area contributed by atoms with Crippen molar-refractivity contribution in [2.45, 2.75) is 18.8 Å². The van der Waals surface area contributed by atoms with Crippen molar-refractivity contribution in [1.82, 2.24) is 9.97 Å². The maximum atomic E-state index is 10.8. The summed E-state index contributed by atoms with van der Waals surface area (Å²) in [4.78, 5) is 18.0. The van der Waals surface area contributed by atoms with Crippen LogP contribution >= 0.6 is 0 Å². The van der Waals surface area contributed by atoms with Gasteiger partial charge in [-0.15, -0.1) is 0 Å². The smallest absolute Gasteiger partial charge is 0.337 e. The maximum Gasteiger partial charge on any atom is 0.337 e. The third kappa shape index (κ3) is 1.29. The number of hydrogen-bond donors (Lipinski definition) is 2. The molecule has 15 heavy (non-hydrogen) atoms. The van der Waals surface area contributed by atoms with Gasteiger partial charge in [-0.3, -0.25) is 0 Å². The average Bonchev–Trinajstić information content (AvgIpc) is 2.98. The minimum Gasteiger partial charge on any atom is -0.478 e. The summed E-state index contributed by atoms with van der Waals surface area (Å²) in [6.07, 6.45) is 5.73. The highest BCUT2D eigenvalue weighted by atomic mass is 16.4. The highest BCUT2D eigenvalue weighted by Crippen LogP contribution is 2.42. The molecular formula is C11H10N2O2. The van der Waals surface area contributed by atoms with Crippen LogP contribution in [0.2, 0.25) is 0 Å². The van der Waals surface area contributed by atoms with E-state index in [-0.39, 0.29) is 5.56 Å². The van der Waals surface area contributed by atoms with Crippen molar-refractivity contribution in [3.63, 3.8) is 0 Å². The first kappa shape index (κ1) is 8.47. The summed E-state index contributed by atoms with van der Waals surface area (Å²) >= 11 is 0. The van der Waals surface area contributed by atoms with Crippen LogP contribution in [0.3, 0.4) is 0 Å². The van der Waals surface area contributed by atoms with Crippen LogP contribution in [-0.2, 0) is 0 Å². The Morgan fingerprint density at radius 2 is 2.33 bits per heavy atom.